The molecule has 0 radical (unpaired) electrons. The highest BCUT2D eigenvalue weighted by molar-refractivity contribution is 5.71. The molecule has 0 bridgehead atoms. The van der Waals surface area contributed by atoms with Crippen molar-refractivity contribution < 1.29 is 28.6 Å². The topological polar surface area (TPSA) is 78.9 Å². The monoisotopic (exact) mass is 791 g/mol. The molecule has 0 aromatic rings. The minimum atomic E-state index is -0.766. The number of allylic oxidation sites excluding steroid dienone is 2. The van der Waals surface area contributed by atoms with Crippen molar-refractivity contribution in [3.05, 3.63) is 12.2 Å². The van der Waals surface area contributed by atoms with E-state index >= 15 is 0 Å². The van der Waals surface area contributed by atoms with Crippen LogP contribution in [0.4, 0.5) is 0 Å². The van der Waals surface area contributed by atoms with Gasteiger partial charge in [-0.15, -0.1) is 0 Å². The largest absolute Gasteiger partial charge is 0.462 e. The summed E-state index contributed by atoms with van der Waals surface area (Å²) in [6.45, 7) is 6.62. The van der Waals surface area contributed by atoms with E-state index in [1.54, 1.807) is 0 Å². The standard InChI is InChI=1S/C50H94O6/c1-4-7-10-13-16-19-22-24-25-26-29-31-34-37-40-43-49(52)55-46-47(45-54-48(51)42-39-36-33-30-27-21-18-15-12-9-6-3)56-50(53)44-41-38-35-32-28-23-20-17-14-11-8-5-2/h17,20,47H,4-16,18-19,21-46H2,1-3H3/b20-17-/t47-/m1/s1. The maximum Gasteiger partial charge on any atom is 0.306 e. The van der Waals surface area contributed by atoms with Gasteiger partial charge in [-0.1, -0.05) is 219 Å². The summed E-state index contributed by atoms with van der Waals surface area (Å²) in [4.78, 5) is 37.8. The SMILES string of the molecule is CCCCC/C=C\CCCCCCCC(=O)O[C@H](COC(=O)CCCCCCCCCCCCC)COC(=O)CCCCCCCCCCCCCCCCC. The summed E-state index contributed by atoms with van der Waals surface area (Å²) in [7, 11) is 0. The van der Waals surface area contributed by atoms with E-state index in [2.05, 4.69) is 32.9 Å². The van der Waals surface area contributed by atoms with Crippen molar-refractivity contribution in [2.75, 3.05) is 13.2 Å². The average Bonchev–Trinajstić information content (AvgIpc) is 3.19. The minimum absolute atomic E-state index is 0.0685. The van der Waals surface area contributed by atoms with Gasteiger partial charge >= 0.3 is 17.9 Å². The summed E-state index contributed by atoms with van der Waals surface area (Å²) in [6.07, 6.45) is 49.0. The third-order valence-electron chi connectivity index (χ3n) is 11.0. The van der Waals surface area contributed by atoms with E-state index in [0.717, 1.165) is 64.2 Å². The molecule has 0 N–H and O–H groups in total. The predicted molar refractivity (Wildman–Crippen MR) is 238 cm³/mol. The number of carbonyl (C=O) groups is 3. The van der Waals surface area contributed by atoms with Crippen molar-refractivity contribution in [2.45, 2.75) is 277 Å². The Bertz CT molecular complexity index is 870. The van der Waals surface area contributed by atoms with Gasteiger partial charge in [-0.25, -0.2) is 0 Å². The van der Waals surface area contributed by atoms with Crippen LogP contribution in [-0.4, -0.2) is 37.2 Å². The Balaban J connectivity index is 4.32. The smallest absolute Gasteiger partial charge is 0.306 e. The number of carbonyl (C=O) groups excluding carboxylic acids is 3. The fourth-order valence-electron chi connectivity index (χ4n) is 7.26. The summed E-state index contributed by atoms with van der Waals surface area (Å²) < 4.78 is 16.7. The van der Waals surface area contributed by atoms with Crippen molar-refractivity contribution in [1.82, 2.24) is 0 Å². The molecule has 0 spiro atoms. The van der Waals surface area contributed by atoms with E-state index in [0.29, 0.717) is 19.3 Å². The third-order valence-corrected chi connectivity index (χ3v) is 11.0. The molecule has 0 fully saturated rings. The Morgan fingerprint density at radius 3 is 0.929 bits per heavy atom. The molecule has 0 rings (SSSR count). The molecular weight excluding hydrogens is 697 g/mol. The molecule has 0 aliphatic heterocycles. The van der Waals surface area contributed by atoms with Gasteiger partial charge < -0.3 is 14.2 Å². The molecule has 0 aliphatic rings. The molecule has 6 heteroatoms. The highest BCUT2D eigenvalue weighted by atomic mass is 16.6. The van der Waals surface area contributed by atoms with Crippen LogP contribution in [0.3, 0.4) is 0 Å². The van der Waals surface area contributed by atoms with Crippen LogP contribution < -0.4 is 0 Å². The molecule has 0 unspecified atom stereocenters. The lowest BCUT2D eigenvalue weighted by Crippen LogP contribution is -2.30. The van der Waals surface area contributed by atoms with Crippen molar-refractivity contribution in [2.24, 2.45) is 0 Å². The summed E-state index contributed by atoms with van der Waals surface area (Å²) in [5, 5.41) is 0. The van der Waals surface area contributed by atoms with Gasteiger partial charge in [-0.3, -0.25) is 14.4 Å². The van der Waals surface area contributed by atoms with E-state index in [-0.39, 0.29) is 31.1 Å². The van der Waals surface area contributed by atoms with Crippen LogP contribution in [0.15, 0.2) is 12.2 Å². The lowest BCUT2D eigenvalue weighted by molar-refractivity contribution is -0.167. The number of unbranched alkanes of at least 4 members (excludes halogenated alkanes) is 32. The summed E-state index contributed by atoms with van der Waals surface area (Å²) in [6, 6.07) is 0. The first-order chi connectivity index (χ1) is 27.5. The van der Waals surface area contributed by atoms with E-state index < -0.39 is 6.10 Å². The first-order valence-corrected chi connectivity index (χ1v) is 24.7. The van der Waals surface area contributed by atoms with Crippen molar-refractivity contribution in [3.8, 4) is 0 Å². The summed E-state index contributed by atoms with van der Waals surface area (Å²) in [5.41, 5.74) is 0. The van der Waals surface area contributed by atoms with Crippen LogP contribution in [0, 0.1) is 0 Å². The Labute approximate surface area is 348 Å². The number of rotatable bonds is 45. The maximum atomic E-state index is 12.7. The second kappa shape index (κ2) is 45.8. The Kier molecular flexibility index (Phi) is 44.3. The summed E-state index contributed by atoms with van der Waals surface area (Å²) in [5.74, 6) is -0.865. The van der Waals surface area contributed by atoms with E-state index in [9.17, 15) is 14.4 Å². The van der Waals surface area contributed by atoms with Gasteiger partial charge in [0.25, 0.3) is 0 Å². The first-order valence-electron chi connectivity index (χ1n) is 24.7. The molecule has 0 saturated heterocycles. The Hall–Kier alpha value is -1.85. The Morgan fingerprint density at radius 1 is 0.339 bits per heavy atom. The third kappa shape index (κ3) is 43.3. The highest BCUT2D eigenvalue weighted by Gasteiger charge is 2.19. The van der Waals surface area contributed by atoms with Crippen LogP contribution in [0.25, 0.3) is 0 Å². The number of esters is 3. The van der Waals surface area contributed by atoms with Crippen LogP contribution in [0.2, 0.25) is 0 Å². The van der Waals surface area contributed by atoms with E-state index in [4.69, 9.17) is 14.2 Å². The zero-order chi connectivity index (χ0) is 40.8. The molecule has 6 nitrogen and oxygen atoms in total. The van der Waals surface area contributed by atoms with Gasteiger partial charge in [-0.2, -0.15) is 0 Å². The van der Waals surface area contributed by atoms with Crippen LogP contribution >= 0.6 is 0 Å². The van der Waals surface area contributed by atoms with Crippen LogP contribution in [0.1, 0.15) is 271 Å². The van der Waals surface area contributed by atoms with E-state index in [1.165, 1.54) is 167 Å². The van der Waals surface area contributed by atoms with Crippen LogP contribution in [0.5, 0.6) is 0 Å². The molecule has 0 aromatic carbocycles. The second-order valence-electron chi connectivity index (χ2n) is 16.7. The normalized spacial score (nSPS) is 12.0. The molecule has 1 atom stereocenters. The quantitative estimate of drug-likeness (QED) is 0.0264. The number of hydrogen-bond acceptors (Lipinski definition) is 6. The van der Waals surface area contributed by atoms with Gasteiger partial charge in [0.15, 0.2) is 6.10 Å². The molecule has 0 saturated carbocycles. The fourth-order valence-corrected chi connectivity index (χ4v) is 7.26. The van der Waals surface area contributed by atoms with Crippen molar-refractivity contribution in [1.29, 1.82) is 0 Å². The lowest BCUT2D eigenvalue weighted by Gasteiger charge is -2.18. The van der Waals surface area contributed by atoms with Gasteiger partial charge in [0.2, 0.25) is 0 Å². The Morgan fingerprint density at radius 2 is 0.589 bits per heavy atom. The molecule has 0 amide bonds. The summed E-state index contributed by atoms with van der Waals surface area (Å²) >= 11 is 0. The van der Waals surface area contributed by atoms with Gasteiger partial charge in [0, 0.05) is 19.3 Å². The maximum absolute atomic E-state index is 12.7. The van der Waals surface area contributed by atoms with Crippen molar-refractivity contribution in [3.63, 3.8) is 0 Å². The second-order valence-corrected chi connectivity index (χ2v) is 16.7. The predicted octanol–water partition coefficient (Wildman–Crippen LogP) is 15.8. The molecular formula is C50H94O6. The number of ether oxygens (including phenoxy) is 3. The highest BCUT2D eigenvalue weighted by Crippen LogP contribution is 2.16. The average molecular weight is 791 g/mol. The van der Waals surface area contributed by atoms with Gasteiger partial charge in [-0.05, 0) is 44.9 Å². The zero-order valence-corrected chi connectivity index (χ0v) is 37.7. The van der Waals surface area contributed by atoms with Crippen molar-refractivity contribution >= 4 is 17.9 Å². The molecule has 0 aromatic heterocycles. The lowest BCUT2D eigenvalue weighted by atomic mass is 10.0. The van der Waals surface area contributed by atoms with E-state index in [1.807, 2.05) is 0 Å². The van der Waals surface area contributed by atoms with Gasteiger partial charge in [0.1, 0.15) is 13.2 Å². The molecule has 0 heterocycles. The molecule has 0 aliphatic carbocycles. The zero-order valence-electron chi connectivity index (χ0n) is 37.7. The molecule has 56 heavy (non-hydrogen) atoms. The number of hydrogen-bond donors (Lipinski definition) is 0. The van der Waals surface area contributed by atoms with Gasteiger partial charge in [0.05, 0.1) is 0 Å². The minimum Gasteiger partial charge on any atom is -0.462 e. The van der Waals surface area contributed by atoms with Crippen LogP contribution in [-0.2, 0) is 28.6 Å². The molecule has 330 valence electrons. The fraction of sp³-hybridized carbons (Fsp3) is 0.900. The first kappa shape index (κ1) is 54.2.